The number of nitriles is 1. The molecule has 140 valence electrons. The quantitative estimate of drug-likeness (QED) is 0.464. The largest absolute Gasteiger partial charge is 0.451 e. The second kappa shape index (κ2) is 7.72. The number of thiophene rings is 1. The first-order valence-corrected chi connectivity index (χ1v) is 9.28. The Morgan fingerprint density at radius 3 is 2.56 bits per heavy atom. The Labute approximate surface area is 159 Å². The molecule has 2 aliphatic rings. The number of allylic oxidation sites excluding steroid dienone is 2. The summed E-state index contributed by atoms with van der Waals surface area (Å²) in [6.45, 7) is 0.870. The highest BCUT2D eigenvalue weighted by Gasteiger charge is 2.47. The predicted molar refractivity (Wildman–Crippen MR) is 95.3 cm³/mol. The Morgan fingerprint density at radius 2 is 1.96 bits per heavy atom. The molecule has 1 N–H and O–H groups in total. The van der Waals surface area contributed by atoms with Gasteiger partial charge in [-0.05, 0) is 31.2 Å². The number of nitrogens with one attached hydrogen (secondary N) is 1. The summed E-state index contributed by atoms with van der Waals surface area (Å²) in [6, 6.07) is 3.51. The van der Waals surface area contributed by atoms with Crippen molar-refractivity contribution in [3.05, 3.63) is 29.2 Å². The molecule has 0 spiro atoms. The number of fused-ring (bicyclic) bond motifs is 1. The minimum Gasteiger partial charge on any atom is -0.451 e. The van der Waals surface area contributed by atoms with Gasteiger partial charge in [0.1, 0.15) is 17.6 Å². The summed E-state index contributed by atoms with van der Waals surface area (Å²) in [5.41, 5.74) is 0.316. The van der Waals surface area contributed by atoms with Gasteiger partial charge in [-0.1, -0.05) is 12.2 Å². The molecule has 0 radical (unpaired) electrons. The molecule has 1 saturated heterocycles. The maximum absolute atomic E-state index is 12.3. The van der Waals surface area contributed by atoms with Gasteiger partial charge in [-0.25, -0.2) is 0 Å². The first-order valence-electron chi connectivity index (χ1n) is 8.40. The van der Waals surface area contributed by atoms with Gasteiger partial charge in [-0.15, -0.1) is 11.3 Å². The molecule has 1 aromatic heterocycles. The predicted octanol–water partition coefficient (Wildman–Crippen LogP) is 1.44. The summed E-state index contributed by atoms with van der Waals surface area (Å²) in [4.78, 5) is 49.9. The standard InChI is InChI=1S/C18H17N3O5S/c1-10(15(23)20-16-11(8-19)6-7-27-16)26-14(22)9-21-17(24)12-4-2-3-5-13(12)18(21)25/h2-3,6-7,10,12-13H,4-5,9H2,1H3,(H,20,23)/t10-,12-,13+/m1/s1. The van der Waals surface area contributed by atoms with Gasteiger partial charge in [0.25, 0.3) is 5.91 Å². The zero-order valence-electron chi connectivity index (χ0n) is 14.5. The maximum Gasteiger partial charge on any atom is 0.326 e. The molecule has 0 aromatic carbocycles. The minimum atomic E-state index is -1.14. The van der Waals surface area contributed by atoms with E-state index in [4.69, 9.17) is 10.00 Å². The lowest BCUT2D eigenvalue weighted by Gasteiger charge is -2.17. The molecule has 3 amide bonds. The van der Waals surface area contributed by atoms with E-state index >= 15 is 0 Å². The van der Waals surface area contributed by atoms with E-state index in [9.17, 15) is 19.2 Å². The first-order chi connectivity index (χ1) is 12.9. The summed E-state index contributed by atoms with van der Waals surface area (Å²) >= 11 is 1.18. The molecule has 3 rings (SSSR count). The topological polar surface area (TPSA) is 117 Å². The van der Waals surface area contributed by atoms with Gasteiger partial charge in [0.15, 0.2) is 6.10 Å². The van der Waals surface area contributed by atoms with Crippen molar-refractivity contribution in [2.75, 3.05) is 11.9 Å². The Kier molecular flexibility index (Phi) is 5.37. The van der Waals surface area contributed by atoms with E-state index in [2.05, 4.69) is 5.32 Å². The normalized spacial score (nSPS) is 22.1. The van der Waals surface area contributed by atoms with E-state index < -0.39 is 36.4 Å². The van der Waals surface area contributed by atoms with Crippen molar-refractivity contribution in [1.29, 1.82) is 5.26 Å². The van der Waals surface area contributed by atoms with Crippen LogP contribution in [0.1, 0.15) is 25.3 Å². The van der Waals surface area contributed by atoms with E-state index in [0.29, 0.717) is 23.4 Å². The number of nitrogens with zero attached hydrogens (tertiary/aromatic N) is 2. The molecule has 0 unspecified atom stereocenters. The van der Waals surface area contributed by atoms with Gasteiger partial charge in [0.05, 0.1) is 17.4 Å². The summed E-state index contributed by atoms with van der Waals surface area (Å²) in [6.07, 6.45) is 3.56. The Bertz CT molecular complexity index is 843. The van der Waals surface area contributed by atoms with Gasteiger partial charge in [0, 0.05) is 0 Å². The van der Waals surface area contributed by atoms with Crippen molar-refractivity contribution in [2.45, 2.75) is 25.9 Å². The summed E-state index contributed by atoms with van der Waals surface area (Å²) in [7, 11) is 0. The third-order valence-corrected chi connectivity index (χ3v) is 5.42. The molecule has 2 heterocycles. The number of hydrogen-bond donors (Lipinski definition) is 1. The highest BCUT2D eigenvalue weighted by atomic mass is 32.1. The Morgan fingerprint density at radius 1 is 1.33 bits per heavy atom. The number of ether oxygens (including phenoxy) is 1. The average Bonchev–Trinajstić information content (AvgIpc) is 3.20. The summed E-state index contributed by atoms with van der Waals surface area (Å²) < 4.78 is 5.06. The maximum atomic E-state index is 12.3. The molecular weight excluding hydrogens is 370 g/mol. The van der Waals surface area contributed by atoms with E-state index in [-0.39, 0.29) is 11.8 Å². The molecule has 8 nitrogen and oxygen atoms in total. The first kappa shape index (κ1) is 18.8. The fourth-order valence-electron chi connectivity index (χ4n) is 3.15. The van der Waals surface area contributed by atoms with Crippen molar-refractivity contribution < 1.29 is 23.9 Å². The van der Waals surface area contributed by atoms with E-state index in [1.54, 1.807) is 11.4 Å². The van der Waals surface area contributed by atoms with Crippen molar-refractivity contribution in [3.63, 3.8) is 0 Å². The van der Waals surface area contributed by atoms with E-state index in [1.807, 2.05) is 18.2 Å². The van der Waals surface area contributed by atoms with Crippen LogP contribution in [0.2, 0.25) is 0 Å². The number of anilines is 1. The Balaban J connectivity index is 1.56. The van der Waals surface area contributed by atoms with Gasteiger partial charge in [-0.2, -0.15) is 5.26 Å². The number of carbonyl (C=O) groups is 4. The second-order valence-electron chi connectivity index (χ2n) is 6.31. The van der Waals surface area contributed by atoms with E-state index in [1.165, 1.54) is 18.3 Å². The lowest BCUT2D eigenvalue weighted by Crippen LogP contribution is -2.39. The van der Waals surface area contributed by atoms with Crippen LogP contribution >= 0.6 is 11.3 Å². The van der Waals surface area contributed by atoms with Gasteiger partial charge < -0.3 is 10.1 Å². The van der Waals surface area contributed by atoms with Crippen LogP contribution in [0.15, 0.2) is 23.6 Å². The van der Waals surface area contributed by atoms with Crippen molar-refractivity contribution in [1.82, 2.24) is 4.90 Å². The molecule has 1 aliphatic carbocycles. The van der Waals surface area contributed by atoms with Gasteiger partial charge in [0.2, 0.25) is 11.8 Å². The third-order valence-electron chi connectivity index (χ3n) is 4.59. The molecule has 1 aromatic rings. The van der Waals surface area contributed by atoms with Gasteiger partial charge >= 0.3 is 5.97 Å². The smallest absolute Gasteiger partial charge is 0.326 e. The van der Waals surface area contributed by atoms with E-state index in [0.717, 1.165) is 4.90 Å². The monoisotopic (exact) mass is 387 g/mol. The highest BCUT2D eigenvalue weighted by molar-refractivity contribution is 7.14. The van der Waals surface area contributed by atoms with Crippen LogP contribution in [0.3, 0.4) is 0 Å². The number of hydrogen-bond acceptors (Lipinski definition) is 7. The molecule has 9 heteroatoms. The van der Waals surface area contributed by atoms with Crippen LogP contribution in [0.5, 0.6) is 0 Å². The molecule has 1 fully saturated rings. The molecule has 1 aliphatic heterocycles. The molecule has 27 heavy (non-hydrogen) atoms. The van der Waals surface area contributed by atoms with Gasteiger partial charge in [-0.3, -0.25) is 24.1 Å². The van der Waals surface area contributed by atoms with Crippen molar-refractivity contribution in [2.24, 2.45) is 11.8 Å². The van der Waals surface area contributed by atoms with Crippen LogP contribution in [-0.2, 0) is 23.9 Å². The number of carbonyl (C=O) groups excluding carboxylic acids is 4. The minimum absolute atomic E-state index is 0.316. The lowest BCUT2D eigenvalue weighted by atomic mass is 9.85. The fourth-order valence-corrected chi connectivity index (χ4v) is 3.89. The zero-order chi connectivity index (χ0) is 19.6. The Hall–Kier alpha value is -2.99. The van der Waals surface area contributed by atoms with Crippen LogP contribution in [0.4, 0.5) is 5.00 Å². The zero-order valence-corrected chi connectivity index (χ0v) is 15.3. The van der Waals surface area contributed by atoms with Crippen LogP contribution in [0.25, 0.3) is 0 Å². The fraction of sp³-hybridized carbons (Fsp3) is 0.389. The lowest BCUT2D eigenvalue weighted by molar-refractivity contribution is -0.158. The number of amides is 3. The number of esters is 1. The molecule has 0 saturated carbocycles. The van der Waals surface area contributed by atoms with Crippen molar-refractivity contribution >= 4 is 40.0 Å². The summed E-state index contributed by atoms with van der Waals surface area (Å²) in [5, 5.41) is 13.5. The third kappa shape index (κ3) is 3.75. The summed E-state index contributed by atoms with van der Waals surface area (Å²) in [5.74, 6) is -3.02. The molecule has 3 atom stereocenters. The van der Waals surface area contributed by atoms with Crippen molar-refractivity contribution in [3.8, 4) is 6.07 Å². The van der Waals surface area contributed by atoms with Crippen LogP contribution in [0, 0.1) is 23.2 Å². The average molecular weight is 387 g/mol. The number of imide groups is 1. The second-order valence-corrected chi connectivity index (χ2v) is 7.23. The van der Waals surface area contributed by atoms with Crippen LogP contribution in [-0.4, -0.2) is 41.2 Å². The highest BCUT2D eigenvalue weighted by Crippen LogP contribution is 2.34. The SMILES string of the molecule is C[C@@H](OC(=O)CN1C(=O)[C@H]2CC=CC[C@H]2C1=O)C(=O)Nc1sccc1C#N. The molecule has 0 bridgehead atoms. The number of likely N-dealkylation sites (tertiary alicyclic amines) is 1. The van der Waals surface area contributed by atoms with Crippen LogP contribution < -0.4 is 5.32 Å². The molecular formula is C18H17N3O5S. The number of rotatable bonds is 5.